The van der Waals surface area contributed by atoms with Gasteiger partial charge < -0.3 is 19.5 Å². The quantitative estimate of drug-likeness (QED) is 0.587. The van der Waals surface area contributed by atoms with Crippen molar-refractivity contribution in [1.29, 1.82) is 0 Å². The normalized spacial score (nSPS) is 12.9. The van der Waals surface area contributed by atoms with Gasteiger partial charge in [-0.2, -0.15) is 4.31 Å². The average Bonchev–Trinajstić information content (AvgIpc) is 2.79. The van der Waals surface area contributed by atoms with Gasteiger partial charge in [-0.15, -0.1) is 0 Å². The lowest BCUT2D eigenvalue weighted by Gasteiger charge is -2.21. The van der Waals surface area contributed by atoms with Gasteiger partial charge in [0.2, 0.25) is 15.9 Å². The molecule has 1 heterocycles. The molecule has 3 aromatic rings. The highest BCUT2D eigenvalue weighted by atomic mass is 32.2. The SMILES string of the molecule is CN(CC(=O)Nc1cccc(Oc2ccccc2)c1)S(=O)(=O)c1ccc2c(c1)OCCO2. The Morgan fingerprint density at radius 3 is 2.44 bits per heavy atom. The van der Waals surface area contributed by atoms with E-state index in [4.69, 9.17) is 14.2 Å². The summed E-state index contributed by atoms with van der Waals surface area (Å²) in [5, 5.41) is 2.70. The van der Waals surface area contributed by atoms with Gasteiger partial charge in [-0.3, -0.25) is 4.79 Å². The summed E-state index contributed by atoms with van der Waals surface area (Å²) in [5.41, 5.74) is 0.494. The lowest BCUT2D eigenvalue weighted by atomic mass is 10.3. The molecule has 0 saturated heterocycles. The highest BCUT2D eigenvalue weighted by Gasteiger charge is 2.25. The molecule has 1 amide bonds. The Kier molecular flexibility index (Phi) is 6.29. The molecule has 4 rings (SSSR count). The Labute approximate surface area is 186 Å². The molecule has 0 bridgehead atoms. The number of likely N-dealkylation sites (N-methyl/N-ethyl adjacent to an activating group) is 1. The lowest BCUT2D eigenvalue weighted by Crippen LogP contribution is -2.35. The number of benzene rings is 3. The first-order valence-electron chi connectivity index (χ1n) is 9.91. The van der Waals surface area contributed by atoms with Crippen LogP contribution in [-0.4, -0.2) is 45.4 Å². The summed E-state index contributed by atoms with van der Waals surface area (Å²) in [6, 6.07) is 20.5. The second-order valence-corrected chi connectivity index (χ2v) is 9.10. The molecule has 32 heavy (non-hydrogen) atoms. The summed E-state index contributed by atoms with van der Waals surface area (Å²) < 4.78 is 43.4. The second kappa shape index (κ2) is 9.29. The van der Waals surface area contributed by atoms with E-state index in [9.17, 15) is 13.2 Å². The third kappa shape index (κ3) is 5.01. The number of amides is 1. The minimum absolute atomic E-state index is 0.0234. The molecule has 0 aliphatic carbocycles. The molecule has 8 nitrogen and oxygen atoms in total. The van der Waals surface area contributed by atoms with Crippen LogP contribution in [0.1, 0.15) is 0 Å². The van der Waals surface area contributed by atoms with Crippen LogP contribution in [-0.2, 0) is 14.8 Å². The molecule has 0 fully saturated rings. The Morgan fingerprint density at radius 2 is 1.66 bits per heavy atom. The Morgan fingerprint density at radius 1 is 0.938 bits per heavy atom. The number of para-hydroxylation sites is 1. The Hall–Kier alpha value is -3.56. The molecule has 166 valence electrons. The van der Waals surface area contributed by atoms with Gasteiger partial charge in [0.25, 0.3) is 0 Å². The minimum Gasteiger partial charge on any atom is -0.486 e. The molecule has 3 aromatic carbocycles. The number of fused-ring (bicyclic) bond motifs is 1. The van der Waals surface area contributed by atoms with Gasteiger partial charge in [0, 0.05) is 24.9 Å². The number of ether oxygens (including phenoxy) is 3. The average molecular weight is 455 g/mol. The molecule has 0 unspecified atom stereocenters. The first-order valence-corrected chi connectivity index (χ1v) is 11.3. The third-order valence-electron chi connectivity index (χ3n) is 4.68. The van der Waals surface area contributed by atoms with Crippen molar-refractivity contribution in [1.82, 2.24) is 4.31 Å². The van der Waals surface area contributed by atoms with Gasteiger partial charge in [0.05, 0.1) is 11.4 Å². The summed E-state index contributed by atoms with van der Waals surface area (Å²) in [7, 11) is -2.55. The molecule has 9 heteroatoms. The predicted octanol–water partition coefficient (Wildman–Crippen LogP) is 3.51. The maximum Gasteiger partial charge on any atom is 0.243 e. The van der Waals surface area contributed by atoms with Crippen molar-refractivity contribution < 1.29 is 27.4 Å². The number of hydrogen-bond donors (Lipinski definition) is 1. The van der Waals surface area contributed by atoms with E-state index in [2.05, 4.69) is 5.32 Å². The van der Waals surface area contributed by atoms with E-state index in [1.54, 1.807) is 30.3 Å². The van der Waals surface area contributed by atoms with E-state index in [0.717, 1.165) is 4.31 Å². The van der Waals surface area contributed by atoms with Gasteiger partial charge >= 0.3 is 0 Å². The zero-order valence-electron chi connectivity index (χ0n) is 17.4. The van der Waals surface area contributed by atoms with E-state index in [1.165, 1.54) is 19.2 Å². The molecule has 0 radical (unpaired) electrons. The first kappa shape index (κ1) is 21.7. The van der Waals surface area contributed by atoms with Crippen molar-refractivity contribution in [3.63, 3.8) is 0 Å². The van der Waals surface area contributed by atoms with Crippen LogP contribution in [0.3, 0.4) is 0 Å². The van der Waals surface area contributed by atoms with Crippen molar-refractivity contribution in [3.05, 3.63) is 72.8 Å². The van der Waals surface area contributed by atoms with Gasteiger partial charge in [-0.1, -0.05) is 24.3 Å². The third-order valence-corrected chi connectivity index (χ3v) is 6.48. The zero-order valence-corrected chi connectivity index (χ0v) is 18.2. The van der Waals surface area contributed by atoms with Crippen molar-refractivity contribution in [3.8, 4) is 23.0 Å². The zero-order chi connectivity index (χ0) is 22.6. The molecule has 1 aliphatic heterocycles. The number of carbonyl (C=O) groups is 1. The molecule has 0 aromatic heterocycles. The van der Waals surface area contributed by atoms with E-state index in [0.29, 0.717) is 41.9 Å². The second-order valence-electron chi connectivity index (χ2n) is 7.06. The van der Waals surface area contributed by atoms with E-state index < -0.39 is 15.9 Å². The van der Waals surface area contributed by atoms with Crippen LogP contribution >= 0.6 is 0 Å². The molecule has 0 spiro atoms. The van der Waals surface area contributed by atoms with E-state index in [-0.39, 0.29) is 11.4 Å². The largest absolute Gasteiger partial charge is 0.486 e. The van der Waals surface area contributed by atoms with E-state index >= 15 is 0 Å². The summed E-state index contributed by atoms with van der Waals surface area (Å²) >= 11 is 0. The van der Waals surface area contributed by atoms with Crippen LogP contribution in [0.2, 0.25) is 0 Å². The molecule has 0 saturated carbocycles. The smallest absolute Gasteiger partial charge is 0.243 e. The lowest BCUT2D eigenvalue weighted by molar-refractivity contribution is -0.116. The number of rotatable bonds is 7. The number of nitrogens with zero attached hydrogens (tertiary/aromatic N) is 1. The maximum absolute atomic E-state index is 12.9. The van der Waals surface area contributed by atoms with Crippen LogP contribution in [0.25, 0.3) is 0 Å². The van der Waals surface area contributed by atoms with Gasteiger partial charge in [-0.05, 0) is 36.4 Å². The first-order chi connectivity index (χ1) is 15.4. The number of sulfonamides is 1. The Balaban J connectivity index is 1.41. The number of anilines is 1. The fourth-order valence-corrected chi connectivity index (χ4v) is 4.26. The van der Waals surface area contributed by atoms with Crippen LogP contribution in [0.15, 0.2) is 77.7 Å². The molecule has 1 N–H and O–H groups in total. The fraction of sp³-hybridized carbons (Fsp3) is 0.174. The van der Waals surface area contributed by atoms with Crippen LogP contribution in [0.5, 0.6) is 23.0 Å². The summed E-state index contributed by atoms with van der Waals surface area (Å²) in [5.74, 6) is 1.59. The number of hydrogen-bond acceptors (Lipinski definition) is 6. The standard InChI is InChI=1S/C23H22N2O6S/c1-25(32(27,28)20-10-11-21-22(15-20)30-13-12-29-21)16-23(26)24-17-6-5-9-19(14-17)31-18-7-3-2-4-8-18/h2-11,14-15H,12-13,16H2,1H3,(H,24,26). The summed E-state index contributed by atoms with van der Waals surface area (Å²) in [4.78, 5) is 12.5. The van der Waals surface area contributed by atoms with Gasteiger partial charge in [0.15, 0.2) is 11.5 Å². The molecule has 0 atom stereocenters. The summed E-state index contributed by atoms with van der Waals surface area (Å²) in [6.07, 6.45) is 0. The highest BCUT2D eigenvalue weighted by molar-refractivity contribution is 7.89. The van der Waals surface area contributed by atoms with Gasteiger partial charge in [0.1, 0.15) is 24.7 Å². The van der Waals surface area contributed by atoms with Crippen molar-refractivity contribution in [2.45, 2.75) is 4.90 Å². The maximum atomic E-state index is 12.9. The van der Waals surface area contributed by atoms with Crippen LogP contribution < -0.4 is 19.5 Å². The van der Waals surface area contributed by atoms with Crippen molar-refractivity contribution in [2.75, 3.05) is 32.1 Å². The minimum atomic E-state index is -3.90. The highest BCUT2D eigenvalue weighted by Crippen LogP contribution is 2.33. The monoisotopic (exact) mass is 454 g/mol. The Bertz CT molecular complexity index is 1210. The molecular weight excluding hydrogens is 432 g/mol. The van der Waals surface area contributed by atoms with Crippen molar-refractivity contribution in [2.24, 2.45) is 0 Å². The fourth-order valence-electron chi connectivity index (χ4n) is 3.11. The van der Waals surface area contributed by atoms with Crippen LogP contribution in [0, 0.1) is 0 Å². The molecular formula is C23H22N2O6S. The van der Waals surface area contributed by atoms with Gasteiger partial charge in [-0.25, -0.2) is 8.42 Å². The summed E-state index contributed by atoms with van der Waals surface area (Å²) in [6.45, 7) is 0.402. The topological polar surface area (TPSA) is 94.2 Å². The van der Waals surface area contributed by atoms with Crippen LogP contribution in [0.4, 0.5) is 5.69 Å². The molecule has 1 aliphatic rings. The van der Waals surface area contributed by atoms with E-state index in [1.807, 2.05) is 30.3 Å². The predicted molar refractivity (Wildman–Crippen MR) is 119 cm³/mol. The van der Waals surface area contributed by atoms with Crippen molar-refractivity contribution >= 4 is 21.6 Å². The number of nitrogens with one attached hydrogen (secondary N) is 1. The number of carbonyl (C=O) groups excluding carboxylic acids is 1.